The average Bonchev–Trinajstić information content (AvgIpc) is 2.92. The second-order valence-corrected chi connectivity index (χ2v) is 4.04. The molecule has 2 heterocycles. The van der Waals surface area contributed by atoms with E-state index in [1.165, 1.54) is 0 Å². The molecular formula is C11H18N6. The van der Waals surface area contributed by atoms with Crippen molar-refractivity contribution in [2.75, 3.05) is 0 Å². The Morgan fingerprint density at radius 1 is 1.41 bits per heavy atom. The zero-order chi connectivity index (χ0) is 12.4. The molecule has 1 atom stereocenters. The zero-order valence-electron chi connectivity index (χ0n) is 10.4. The fourth-order valence-electron chi connectivity index (χ4n) is 1.87. The van der Waals surface area contributed by atoms with Gasteiger partial charge in [-0.15, -0.1) is 0 Å². The van der Waals surface area contributed by atoms with E-state index in [9.17, 15) is 0 Å². The van der Waals surface area contributed by atoms with E-state index in [1.807, 2.05) is 41.9 Å². The summed E-state index contributed by atoms with van der Waals surface area (Å²) >= 11 is 0. The molecule has 0 aromatic carbocycles. The van der Waals surface area contributed by atoms with Gasteiger partial charge in [-0.3, -0.25) is 15.2 Å². The third-order valence-electron chi connectivity index (χ3n) is 3.06. The first kappa shape index (κ1) is 11.8. The van der Waals surface area contributed by atoms with E-state index in [4.69, 9.17) is 5.84 Å². The lowest BCUT2D eigenvalue weighted by Gasteiger charge is -2.13. The maximum Gasteiger partial charge on any atom is 0.0774 e. The Morgan fingerprint density at radius 3 is 2.65 bits per heavy atom. The van der Waals surface area contributed by atoms with E-state index in [-0.39, 0.29) is 6.04 Å². The molecule has 0 radical (unpaired) electrons. The molecule has 1 unspecified atom stereocenters. The van der Waals surface area contributed by atoms with Crippen molar-refractivity contribution in [1.29, 1.82) is 0 Å². The maximum atomic E-state index is 5.64. The topological polar surface area (TPSA) is 73.7 Å². The number of hydrogen-bond donors (Lipinski definition) is 2. The van der Waals surface area contributed by atoms with Crippen molar-refractivity contribution in [1.82, 2.24) is 25.0 Å². The number of nitrogens with one attached hydrogen (secondary N) is 1. The molecule has 2 aromatic heterocycles. The van der Waals surface area contributed by atoms with Crippen LogP contribution in [0, 0.1) is 6.92 Å². The number of hydrogen-bond acceptors (Lipinski definition) is 4. The van der Waals surface area contributed by atoms with Gasteiger partial charge < -0.3 is 0 Å². The van der Waals surface area contributed by atoms with Crippen LogP contribution in [0.1, 0.15) is 29.8 Å². The Hall–Kier alpha value is -1.66. The molecule has 0 bridgehead atoms. The minimum absolute atomic E-state index is 0.0657. The first-order valence-electron chi connectivity index (χ1n) is 5.64. The van der Waals surface area contributed by atoms with Gasteiger partial charge in [-0.2, -0.15) is 10.2 Å². The van der Waals surface area contributed by atoms with Crippen LogP contribution in [-0.4, -0.2) is 19.6 Å². The van der Waals surface area contributed by atoms with Crippen LogP contribution in [0.5, 0.6) is 0 Å². The highest BCUT2D eigenvalue weighted by molar-refractivity contribution is 5.30. The van der Waals surface area contributed by atoms with Crippen molar-refractivity contribution >= 4 is 0 Å². The van der Waals surface area contributed by atoms with Crippen molar-refractivity contribution < 1.29 is 0 Å². The molecular weight excluding hydrogens is 216 g/mol. The van der Waals surface area contributed by atoms with Gasteiger partial charge in [-0.05, 0) is 13.8 Å². The van der Waals surface area contributed by atoms with Crippen molar-refractivity contribution in [2.45, 2.75) is 26.4 Å². The fraction of sp³-hybridized carbons (Fsp3) is 0.455. The van der Waals surface area contributed by atoms with Crippen molar-refractivity contribution in [3.05, 3.63) is 35.4 Å². The second-order valence-electron chi connectivity index (χ2n) is 4.04. The molecule has 0 saturated carbocycles. The number of hydrazine groups is 1. The monoisotopic (exact) mass is 234 g/mol. The predicted octanol–water partition coefficient (Wildman–Crippen LogP) is 0.498. The highest BCUT2D eigenvalue weighted by Crippen LogP contribution is 2.23. The van der Waals surface area contributed by atoms with E-state index in [0.717, 1.165) is 23.4 Å². The molecule has 2 rings (SSSR count). The highest BCUT2D eigenvalue weighted by atomic mass is 15.3. The zero-order valence-corrected chi connectivity index (χ0v) is 10.4. The molecule has 17 heavy (non-hydrogen) atoms. The molecule has 0 aliphatic heterocycles. The van der Waals surface area contributed by atoms with Gasteiger partial charge in [0.25, 0.3) is 0 Å². The smallest absolute Gasteiger partial charge is 0.0774 e. The highest BCUT2D eigenvalue weighted by Gasteiger charge is 2.18. The summed E-state index contributed by atoms with van der Waals surface area (Å²) in [6.45, 7) is 4.93. The maximum absolute atomic E-state index is 5.64. The van der Waals surface area contributed by atoms with E-state index in [2.05, 4.69) is 22.5 Å². The SMILES string of the molecule is CCn1cc(C(NN)c2cnn(C)c2C)cn1. The number of rotatable bonds is 4. The molecule has 0 aliphatic carbocycles. The Bertz CT molecular complexity index is 498. The van der Waals surface area contributed by atoms with Crippen LogP contribution in [-0.2, 0) is 13.6 Å². The van der Waals surface area contributed by atoms with Gasteiger partial charge in [0, 0.05) is 36.6 Å². The van der Waals surface area contributed by atoms with E-state index in [1.54, 1.807) is 0 Å². The molecule has 92 valence electrons. The Morgan fingerprint density at radius 2 is 2.18 bits per heavy atom. The van der Waals surface area contributed by atoms with Gasteiger partial charge in [0.1, 0.15) is 0 Å². The Balaban J connectivity index is 2.36. The molecule has 0 fully saturated rings. The van der Waals surface area contributed by atoms with Gasteiger partial charge in [0.2, 0.25) is 0 Å². The minimum atomic E-state index is -0.0657. The summed E-state index contributed by atoms with van der Waals surface area (Å²) < 4.78 is 3.72. The lowest BCUT2D eigenvalue weighted by molar-refractivity contribution is 0.625. The summed E-state index contributed by atoms with van der Waals surface area (Å²) in [6.07, 6.45) is 5.67. The van der Waals surface area contributed by atoms with Gasteiger partial charge in [0.05, 0.1) is 18.4 Å². The van der Waals surface area contributed by atoms with Gasteiger partial charge >= 0.3 is 0 Å². The minimum Gasteiger partial charge on any atom is -0.273 e. The van der Waals surface area contributed by atoms with Crippen LogP contribution in [0.25, 0.3) is 0 Å². The third kappa shape index (κ3) is 2.09. The summed E-state index contributed by atoms with van der Waals surface area (Å²) in [5, 5.41) is 8.49. The lowest BCUT2D eigenvalue weighted by Crippen LogP contribution is -2.29. The normalized spacial score (nSPS) is 12.9. The van der Waals surface area contributed by atoms with Gasteiger partial charge in [-0.25, -0.2) is 5.43 Å². The number of aromatic nitrogens is 4. The molecule has 0 amide bonds. The molecule has 2 aromatic rings. The first-order valence-corrected chi connectivity index (χ1v) is 5.64. The van der Waals surface area contributed by atoms with Crippen LogP contribution in [0.3, 0.4) is 0 Å². The van der Waals surface area contributed by atoms with Crippen LogP contribution < -0.4 is 11.3 Å². The van der Waals surface area contributed by atoms with E-state index < -0.39 is 0 Å². The first-order chi connectivity index (χ1) is 8.17. The third-order valence-corrected chi connectivity index (χ3v) is 3.06. The van der Waals surface area contributed by atoms with Crippen LogP contribution >= 0.6 is 0 Å². The number of aryl methyl sites for hydroxylation is 2. The van der Waals surface area contributed by atoms with Crippen molar-refractivity contribution in [2.24, 2.45) is 12.9 Å². The summed E-state index contributed by atoms with van der Waals surface area (Å²) in [7, 11) is 1.92. The van der Waals surface area contributed by atoms with Gasteiger partial charge in [0.15, 0.2) is 0 Å². The van der Waals surface area contributed by atoms with Crippen molar-refractivity contribution in [3.63, 3.8) is 0 Å². The summed E-state index contributed by atoms with van der Waals surface area (Å²) in [4.78, 5) is 0. The fourth-order valence-corrected chi connectivity index (χ4v) is 1.87. The molecule has 6 heteroatoms. The predicted molar refractivity (Wildman–Crippen MR) is 65.0 cm³/mol. The average molecular weight is 234 g/mol. The largest absolute Gasteiger partial charge is 0.273 e. The van der Waals surface area contributed by atoms with E-state index in [0.29, 0.717) is 0 Å². The quantitative estimate of drug-likeness (QED) is 0.596. The van der Waals surface area contributed by atoms with Crippen molar-refractivity contribution in [3.8, 4) is 0 Å². The van der Waals surface area contributed by atoms with Crippen LogP contribution in [0.15, 0.2) is 18.6 Å². The number of nitrogens with two attached hydrogens (primary N) is 1. The van der Waals surface area contributed by atoms with Crippen LogP contribution in [0.2, 0.25) is 0 Å². The Kier molecular flexibility index (Phi) is 3.26. The molecule has 3 N–H and O–H groups in total. The lowest BCUT2D eigenvalue weighted by atomic mass is 10.0. The molecule has 0 saturated heterocycles. The second kappa shape index (κ2) is 4.68. The molecule has 0 spiro atoms. The summed E-state index contributed by atoms with van der Waals surface area (Å²) in [5.74, 6) is 5.64. The summed E-state index contributed by atoms with van der Waals surface area (Å²) in [5.41, 5.74) is 6.04. The molecule has 0 aliphatic rings. The van der Waals surface area contributed by atoms with Gasteiger partial charge in [-0.1, -0.05) is 0 Å². The van der Waals surface area contributed by atoms with E-state index >= 15 is 0 Å². The van der Waals surface area contributed by atoms with Crippen LogP contribution in [0.4, 0.5) is 0 Å². The summed E-state index contributed by atoms with van der Waals surface area (Å²) in [6, 6.07) is -0.0657. The molecule has 6 nitrogen and oxygen atoms in total. The Labute approximate surface area is 100 Å². The standard InChI is InChI=1S/C11H18N6/c1-4-17-7-9(5-14-17)11(15-12)10-6-13-16(3)8(10)2/h5-7,11,15H,4,12H2,1-3H3. The number of nitrogens with zero attached hydrogens (tertiary/aromatic N) is 4.